The number of benzene rings is 2. The predicted octanol–water partition coefficient (Wildman–Crippen LogP) is 3.08. The molecule has 1 aromatic heterocycles. The molecule has 2 aromatic carbocycles. The topological polar surface area (TPSA) is 96.7 Å². The number of hydrogen-bond acceptors (Lipinski definition) is 6. The molecular weight excluding hydrogens is 280 g/mol. The Labute approximate surface area is 126 Å². The number of hydrazone groups is 1. The Kier molecular flexibility index (Phi) is 3.74. The SMILES string of the molecule is Nc1cc(C=NNc2ccc(-c3cnco3)cc2)ccc1O. The van der Waals surface area contributed by atoms with Crippen molar-refractivity contribution in [1.29, 1.82) is 0 Å². The zero-order valence-corrected chi connectivity index (χ0v) is 11.6. The van der Waals surface area contributed by atoms with Crippen LogP contribution >= 0.6 is 0 Å². The Morgan fingerprint density at radius 2 is 2.00 bits per heavy atom. The van der Waals surface area contributed by atoms with Crippen LogP contribution in [0.5, 0.6) is 5.75 Å². The molecule has 0 radical (unpaired) electrons. The van der Waals surface area contributed by atoms with Crippen molar-refractivity contribution in [1.82, 2.24) is 4.98 Å². The van der Waals surface area contributed by atoms with Crippen LogP contribution in [-0.2, 0) is 0 Å². The van der Waals surface area contributed by atoms with E-state index in [0.717, 1.165) is 22.6 Å². The van der Waals surface area contributed by atoms with E-state index in [9.17, 15) is 5.11 Å². The number of phenolic OH excluding ortho intramolecular Hbond substituents is 1. The molecule has 0 fully saturated rings. The third-order valence-electron chi connectivity index (χ3n) is 3.06. The van der Waals surface area contributed by atoms with Gasteiger partial charge in [0.25, 0.3) is 0 Å². The van der Waals surface area contributed by atoms with Gasteiger partial charge in [-0.1, -0.05) is 0 Å². The highest BCUT2D eigenvalue weighted by Gasteiger charge is 2.00. The van der Waals surface area contributed by atoms with Crippen molar-refractivity contribution in [3.63, 3.8) is 0 Å². The number of nitrogen functional groups attached to an aromatic ring is 1. The maximum Gasteiger partial charge on any atom is 0.181 e. The molecule has 3 rings (SSSR count). The van der Waals surface area contributed by atoms with E-state index >= 15 is 0 Å². The number of rotatable bonds is 4. The monoisotopic (exact) mass is 294 g/mol. The Hall–Kier alpha value is -3.28. The molecule has 0 aliphatic heterocycles. The first-order valence-corrected chi connectivity index (χ1v) is 6.59. The van der Waals surface area contributed by atoms with Gasteiger partial charge in [0.1, 0.15) is 5.75 Å². The average molecular weight is 294 g/mol. The summed E-state index contributed by atoms with van der Waals surface area (Å²) in [6.45, 7) is 0. The molecule has 0 spiro atoms. The van der Waals surface area contributed by atoms with E-state index in [2.05, 4.69) is 15.5 Å². The van der Waals surface area contributed by atoms with Gasteiger partial charge in [0.15, 0.2) is 12.2 Å². The van der Waals surface area contributed by atoms with Gasteiger partial charge in [0, 0.05) is 5.56 Å². The molecule has 0 unspecified atom stereocenters. The number of anilines is 2. The predicted molar refractivity (Wildman–Crippen MR) is 85.7 cm³/mol. The lowest BCUT2D eigenvalue weighted by Gasteiger charge is -2.02. The van der Waals surface area contributed by atoms with Gasteiger partial charge < -0.3 is 15.3 Å². The molecule has 110 valence electrons. The fraction of sp³-hybridized carbons (Fsp3) is 0. The van der Waals surface area contributed by atoms with E-state index < -0.39 is 0 Å². The lowest BCUT2D eigenvalue weighted by molar-refractivity contribution is 0.478. The highest BCUT2D eigenvalue weighted by atomic mass is 16.3. The molecule has 0 saturated heterocycles. The summed E-state index contributed by atoms with van der Waals surface area (Å²) < 4.78 is 5.23. The normalized spacial score (nSPS) is 10.9. The molecule has 22 heavy (non-hydrogen) atoms. The molecule has 3 aromatic rings. The van der Waals surface area contributed by atoms with E-state index in [4.69, 9.17) is 10.2 Å². The van der Waals surface area contributed by atoms with Crippen molar-refractivity contribution in [3.8, 4) is 17.1 Å². The van der Waals surface area contributed by atoms with Crippen LogP contribution in [0.15, 0.2) is 64.6 Å². The lowest BCUT2D eigenvalue weighted by Crippen LogP contribution is -1.92. The minimum atomic E-state index is 0.0631. The minimum absolute atomic E-state index is 0.0631. The summed E-state index contributed by atoms with van der Waals surface area (Å²) in [5.74, 6) is 0.780. The summed E-state index contributed by atoms with van der Waals surface area (Å²) in [6, 6.07) is 12.5. The van der Waals surface area contributed by atoms with Crippen molar-refractivity contribution in [3.05, 3.63) is 60.6 Å². The third-order valence-corrected chi connectivity index (χ3v) is 3.06. The van der Waals surface area contributed by atoms with Crippen molar-refractivity contribution >= 4 is 17.6 Å². The van der Waals surface area contributed by atoms with Gasteiger partial charge in [0.2, 0.25) is 0 Å². The molecule has 0 saturated carbocycles. The summed E-state index contributed by atoms with van der Waals surface area (Å²) in [4.78, 5) is 3.88. The molecule has 6 nitrogen and oxygen atoms in total. The number of phenols is 1. The second-order valence-corrected chi connectivity index (χ2v) is 4.63. The van der Waals surface area contributed by atoms with Crippen LogP contribution in [0.3, 0.4) is 0 Å². The first kappa shape index (κ1) is 13.7. The van der Waals surface area contributed by atoms with Crippen LogP contribution in [0.2, 0.25) is 0 Å². The van der Waals surface area contributed by atoms with Gasteiger partial charge in [-0.3, -0.25) is 5.43 Å². The molecule has 0 bridgehead atoms. The number of nitrogens with two attached hydrogens (primary N) is 1. The standard InChI is InChI=1S/C16H14N4O2/c17-14-7-11(1-6-15(14)21)8-19-20-13-4-2-12(3-5-13)16-9-18-10-22-16/h1-10,20-21H,17H2. The Morgan fingerprint density at radius 3 is 2.68 bits per heavy atom. The Bertz CT molecular complexity index is 780. The van der Waals surface area contributed by atoms with E-state index in [1.807, 2.05) is 24.3 Å². The fourth-order valence-electron chi connectivity index (χ4n) is 1.90. The molecular formula is C16H14N4O2. The van der Waals surface area contributed by atoms with Gasteiger partial charge in [-0.25, -0.2) is 4.98 Å². The summed E-state index contributed by atoms with van der Waals surface area (Å²) in [5, 5.41) is 13.5. The summed E-state index contributed by atoms with van der Waals surface area (Å²) in [5.41, 5.74) is 11.4. The van der Waals surface area contributed by atoms with Crippen LogP contribution in [0, 0.1) is 0 Å². The number of nitrogens with one attached hydrogen (secondary N) is 1. The number of oxazole rings is 1. The molecule has 0 amide bonds. The maximum absolute atomic E-state index is 9.35. The van der Waals surface area contributed by atoms with E-state index in [-0.39, 0.29) is 5.75 Å². The van der Waals surface area contributed by atoms with E-state index in [1.54, 1.807) is 24.5 Å². The fourth-order valence-corrected chi connectivity index (χ4v) is 1.90. The van der Waals surface area contributed by atoms with Crippen molar-refractivity contribution < 1.29 is 9.52 Å². The Balaban J connectivity index is 1.66. The zero-order valence-electron chi connectivity index (χ0n) is 11.6. The minimum Gasteiger partial charge on any atom is -0.506 e. The highest BCUT2D eigenvalue weighted by Crippen LogP contribution is 2.21. The van der Waals surface area contributed by atoms with Crippen molar-refractivity contribution in [2.45, 2.75) is 0 Å². The van der Waals surface area contributed by atoms with Gasteiger partial charge >= 0.3 is 0 Å². The summed E-state index contributed by atoms with van der Waals surface area (Å²) in [6.07, 6.45) is 4.69. The third kappa shape index (κ3) is 3.06. The van der Waals surface area contributed by atoms with Crippen LogP contribution in [0.25, 0.3) is 11.3 Å². The number of aromatic hydroxyl groups is 1. The number of aromatic nitrogens is 1. The molecule has 0 aliphatic rings. The average Bonchev–Trinajstić information content (AvgIpc) is 3.06. The first-order valence-electron chi connectivity index (χ1n) is 6.59. The van der Waals surface area contributed by atoms with E-state index in [1.165, 1.54) is 12.5 Å². The van der Waals surface area contributed by atoms with E-state index in [0.29, 0.717) is 5.69 Å². The number of nitrogens with zero attached hydrogens (tertiary/aromatic N) is 2. The Morgan fingerprint density at radius 1 is 1.18 bits per heavy atom. The lowest BCUT2D eigenvalue weighted by atomic mass is 10.2. The summed E-state index contributed by atoms with van der Waals surface area (Å²) in [7, 11) is 0. The second kappa shape index (κ2) is 6.01. The molecule has 0 atom stereocenters. The zero-order chi connectivity index (χ0) is 15.4. The molecule has 4 N–H and O–H groups in total. The maximum atomic E-state index is 9.35. The van der Waals surface area contributed by atoms with Gasteiger partial charge in [-0.05, 0) is 48.0 Å². The van der Waals surface area contributed by atoms with Crippen LogP contribution in [-0.4, -0.2) is 16.3 Å². The van der Waals surface area contributed by atoms with Crippen molar-refractivity contribution in [2.24, 2.45) is 5.10 Å². The van der Waals surface area contributed by atoms with Gasteiger partial charge in [-0.15, -0.1) is 0 Å². The molecule has 6 heteroatoms. The van der Waals surface area contributed by atoms with Crippen LogP contribution in [0.1, 0.15) is 5.56 Å². The molecule has 0 aliphatic carbocycles. The van der Waals surface area contributed by atoms with Crippen LogP contribution in [0.4, 0.5) is 11.4 Å². The summed E-state index contributed by atoms with van der Waals surface area (Å²) >= 11 is 0. The second-order valence-electron chi connectivity index (χ2n) is 4.63. The van der Waals surface area contributed by atoms with Crippen LogP contribution < -0.4 is 11.2 Å². The van der Waals surface area contributed by atoms with Crippen molar-refractivity contribution in [2.75, 3.05) is 11.2 Å². The van der Waals surface area contributed by atoms with Gasteiger partial charge in [-0.2, -0.15) is 5.10 Å². The first-order chi connectivity index (χ1) is 10.7. The molecule has 1 heterocycles. The van der Waals surface area contributed by atoms with Gasteiger partial charge in [0.05, 0.1) is 23.8 Å². The largest absolute Gasteiger partial charge is 0.506 e. The smallest absolute Gasteiger partial charge is 0.181 e. The quantitative estimate of drug-likeness (QED) is 0.297. The highest BCUT2D eigenvalue weighted by molar-refractivity contribution is 5.82. The number of hydrogen-bond donors (Lipinski definition) is 3.